The summed E-state index contributed by atoms with van der Waals surface area (Å²) in [5, 5.41) is 13.8. The first-order chi connectivity index (χ1) is 19.3. The lowest BCUT2D eigenvalue weighted by atomic mass is 9.87. The number of carbonyl (C=O) groups is 3. The minimum Gasteiger partial charge on any atom is -0.469 e. The fourth-order valence-electron chi connectivity index (χ4n) is 5.50. The highest BCUT2D eigenvalue weighted by Gasteiger charge is 2.58. The smallest absolute Gasteiger partial charge is 0.308 e. The van der Waals surface area contributed by atoms with Crippen LogP contribution in [0.25, 0.3) is 0 Å². The highest BCUT2D eigenvalue weighted by atomic mass is 16.6. The van der Waals surface area contributed by atoms with Gasteiger partial charge in [-0.1, -0.05) is 57.6 Å². The summed E-state index contributed by atoms with van der Waals surface area (Å²) in [6.45, 7) is 12.3. The van der Waals surface area contributed by atoms with E-state index in [1.54, 1.807) is 6.08 Å². The van der Waals surface area contributed by atoms with Gasteiger partial charge < -0.3 is 29.4 Å². The highest BCUT2D eigenvalue weighted by molar-refractivity contribution is 5.88. The van der Waals surface area contributed by atoms with Gasteiger partial charge in [0.1, 0.15) is 23.6 Å². The van der Waals surface area contributed by atoms with Crippen LogP contribution in [-0.2, 0) is 33.3 Å². The number of hydrogen-bond donors (Lipinski definition) is 2. The number of nitrogens with one attached hydrogen (secondary N) is 1. The number of allylic oxidation sites excluding steroid dienone is 3. The van der Waals surface area contributed by atoms with Crippen molar-refractivity contribution in [1.82, 2.24) is 5.32 Å². The fraction of sp³-hybridized carbons (Fsp3) is 0.719. The van der Waals surface area contributed by atoms with E-state index in [1.165, 1.54) is 13.2 Å². The Morgan fingerprint density at radius 3 is 2.49 bits per heavy atom. The van der Waals surface area contributed by atoms with Crippen molar-refractivity contribution in [2.75, 3.05) is 13.7 Å². The molecule has 2 N–H and O–H groups in total. The Morgan fingerprint density at radius 1 is 1.15 bits per heavy atom. The third-order valence-electron chi connectivity index (χ3n) is 8.42. The van der Waals surface area contributed by atoms with Gasteiger partial charge in [-0.05, 0) is 44.6 Å². The maximum absolute atomic E-state index is 12.5. The number of carbonyl (C=O) groups excluding carboxylic acids is 3. The minimum absolute atomic E-state index is 0.000164. The van der Waals surface area contributed by atoms with Crippen LogP contribution in [0, 0.1) is 17.8 Å². The number of rotatable bonds is 12. The van der Waals surface area contributed by atoms with E-state index in [9.17, 15) is 19.5 Å². The van der Waals surface area contributed by atoms with Crippen LogP contribution in [0.2, 0.25) is 0 Å². The summed E-state index contributed by atoms with van der Waals surface area (Å²) in [5.41, 5.74) is 0.369. The number of aliphatic hydroxyl groups is 1. The molecule has 0 aromatic rings. The van der Waals surface area contributed by atoms with Crippen molar-refractivity contribution < 1.29 is 38.4 Å². The van der Waals surface area contributed by atoms with E-state index in [0.29, 0.717) is 19.4 Å². The molecule has 3 heterocycles. The molecule has 0 aromatic carbocycles. The van der Waals surface area contributed by atoms with E-state index in [2.05, 4.69) is 18.3 Å². The maximum atomic E-state index is 12.5. The normalized spacial score (nSPS) is 34.8. The van der Waals surface area contributed by atoms with E-state index in [0.717, 1.165) is 18.4 Å². The Labute approximate surface area is 244 Å². The zero-order valence-electron chi connectivity index (χ0n) is 25.6. The second-order valence-corrected chi connectivity index (χ2v) is 12.4. The van der Waals surface area contributed by atoms with Crippen LogP contribution in [0.4, 0.5) is 0 Å². The standard InChI is InChI=1S/C32H49NO8/c1-19(2)26(34)14-21(4)10-13-29(35)33-25-15-22(5)27(40-23(25)6)11-8-20(3)9-12-28-31(37)32(18-39-32)17-24(41-28)16-30(36)38-7/h8-10,12-13,19,21-25,27-28,31,37H,11,14-18H2,1-7H3,(H,33,35)/b12-9+,13-10-,20-8+/t21-,22-,23+,24+,25+,27-,28+,31+,32+/m0/s1. The Balaban J connectivity index is 1.48. The van der Waals surface area contributed by atoms with E-state index in [4.69, 9.17) is 18.9 Å². The summed E-state index contributed by atoms with van der Waals surface area (Å²) in [7, 11) is 1.35. The molecule has 9 nitrogen and oxygen atoms in total. The Morgan fingerprint density at radius 2 is 1.85 bits per heavy atom. The number of methoxy groups -OCH3 is 1. The monoisotopic (exact) mass is 575 g/mol. The van der Waals surface area contributed by atoms with Gasteiger partial charge in [0.25, 0.3) is 0 Å². The molecule has 0 aliphatic carbocycles. The molecule has 0 bridgehead atoms. The number of hydrogen-bond acceptors (Lipinski definition) is 8. The van der Waals surface area contributed by atoms with Crippen molar-refractivity contribution in [3.8, 4) is 0 Å². The van der Waals surface area contributed by atoms with Crippen LogP contribution in [0.5, 0.6) is 0 Å². The van der Waals surface area contributed by atoms with Gasteiger partial charge in [0.05, 0.1) is 44.5 Å². The van der Waals surface area contributed by atoms with E-state index in [-0.39, 0.29) is 66.2 Å². The molecule has 0 saturated carbocycles. The molecular weight excluding hydrogens is 526 g/mol. The van der Waals surface area contributed by atoms with Gasteiger partial charge in [-0.15, -0.1) is 0 Å². The molecule has 3 saturated heterocycles. The third-order valence-corrected chi connectivity index (χ3v) is 8.42. The number of aliphatic hydroxyl groups excluding tert-OH is 1. The SMILES string of the molecule is COC(=O)C[C@@H]1C[C@@]2(CO2)[C@H](O)[C@@H](/C=C/C(C)=C/C[C@@H]2O[C@H](C)[C@H](NC(=O)/C=C\[C@H](C)CC(=O)C(C)C)C[C@@H]2C)O1. The number of amides is 1. The van der Waals surface area contributed by atoms with E-state index in [1.807, 2.05) is 46.8 Å². The number of ether oxygens (including phenoxy) is 4. The van der Waals surface area contributed by atoms with Crippen LogP contribution in [-0.4, -0.2) is 78.6 Å². The summed E-state index contributed by atoms with van der Waals surface area (Å²) < 4.78 is 22.6. The molecule has 3 aliphatic rings. The molecule has 9 heteroatoms. The second-order valence-electron chi connectivity index (χ2n) is 12.4. The zero-order chi connectivity index (χ0) is 30.3. The number of esters is 1. The molecule has 0 unspecified atom stereocenters. The molecule has 9 atom stereocenters. The Kier molecular flexibility index (Phi) is 11.9. The minimum atomic E-state index is -0.796. The largest absolute Gasteiger partial charge is 0.469 e. The van der Waals surface area contributed by atoms with Crippen LogP contribution in [0.3, 0.4) is 0 Å². The fourth-order valence-corrected chi connectivity index (χ4v) is 5.50. The van der Waals surface area contributed by atoms with Gasteiger partial charge in [-0.2, -0.15) is 0 Å². The summed E-state index contributed by atoms with van der Waals surface area (Å²) in [6, 6.07) is -0.0872. The molecule has 1 amide bonds. The summed E-state index contributed by atoms with van der Waals surface area (Å²) in [4.78, 5) is 36.2. The van der Waals surface area contributed by atoms with Crippen molar-refractivity contribution in [3.05, 3.63) is 36.0 Å². The summed E-state index contributed by atoms with van der Waals surface area (Å²) in [6.07, 6.45) is 9.88. The van der Waals surface area contributed by atoms with Gasteiger partial charge >= 0.3 is 5.97 Å². The Hall–Kier alpha value is -2.33. The summed E-state index contributed by atoms with van der Waals surface area (Å²) >= 11 is 0. The van der Waals surface area contributed by atoms with Gasteiger partial charge in [-0.3, -0.25) is 14.4 Å². The van der Waals surface area contributed by atoms with Crippen molar-refractivity contribution >= 4 is 17.7 Å². The maximum Gasteiger partial charge on any atom is 0.308 e. The van der Waals surface area contributed by atoms with Crippen molar-refractivity contribution in [2.24, 2.45) is 17.8 Å². The Bertz CT molecular complexity index is 1010. The number of ketones is 1. The molecule has 1 spiro atoms. The molecule has 0 radical (unpaired) electrons. The van der Waals surface area contributed by atoms with Gasteiger partial charge in [-0.25, -0.2) is 0 Å². The molecule has 0 aromatic heterocycles. The van der Waals surface area contributed by atoms with Crippen LogP contribution in [0.15, 0.2) is 36.0 Å². The summed E-state index contributed by atoms with van der Waals surface area (Å²) in [5.74, 6) is -0.0626. The van der Waals surface area contributed by atoms with E-state index >= 15 is 0 Å². The van der Waals surface area contributed by atoms with Crippen molar-refractivity contribution in [3.63, 3.8) is 0 Å². The zero-order valence-corrected chi connectivity index (χ0v) is 25.6. The highest BCUT2D eigenvalue weighted by Crippen LogP contribution is 2.43. The van der Waals surface area contributed by atoms with Crippen LogP contribution < -0.4 is 5.32 Å². The third kappa shape index (κ3) is 9.60. The first-order valence-electron chi connectivity index (χ1n) is 14.9. The topological polar surface area (TPSA) is 124 Å². The van der Waals surface area contributed by atoms with Gasteiger partial charge in [0.15, 0.2) is 0 Å². The number of Topliss-reactive ketones (excluding diaryl/α,β-unsaturated/α-hetero) is 1. The van der Waals surface area contributed by atoms with Crippen LogP contribution in [0.1, 0.15) is 73.6 Å². The second kappa shape index (κ2) is 14.7. The predicted molar refractivity (Wildman–Crippen MR) is 155 cm³/mol. The number of epoxide rings is 1. The lowest BCUT2D eigenvalue weighted by Crippen LogP contribution is -2.50. The average molecular weight is 576 g/mol. The lowest BCUT2D eigenvalue weighted by Gasteiger charge is -2.39. The molecule has 3 aliphatic heterocycles. The molecular formula is C32H49NO8. The lowest BCUT2D eigenvalue weighted by molar-refractivity contribution is -0.157. The molecule has 3 rings (SSSR count). The first-order valence-corrected chi connectivity index (χ1v) is 14.9. The molecule has 41 heavy (non-hydrogen) atoms. The first kappa shape index (κ1) is 33.2. The van der Waals surface area contributed by atoms with E-state index < -0.39 is 17.8 Å². The average Bonchev–Trinajstić information content (AvgIpc) is 3.69. The molecule has 3 fully saturated rings. The van der Waals surface area contributed by atoms with Crippen molar-refractivity contribution in [1.29, 1.82) is 0 Å². The predicted octanol–water partition coefficient (Wildman–Crippen LogP) is 3.84. The molecule has 230 valence electrons. The van der Waals surface area contributed by atoms with Gasteiger partial charge in [0, 0.05) is 18.8 Å². The quantitative estimate of drug-likeness (QED) is 0.156. The van der Waals surface area contributed by atoms with Gasteiger partial charge in [0.2, 0.25) is 5.91 Å². The van der Waals surface area contributed by atoms with Crippen molar-refractivity contribution in [2.45, 2.75) is 116 Å². The van der Waals surface area contributed by atoms with Crippen LogP contribution >= 0.6 is 0 Å².